The van der Waals surface area contributed by atoms with Gasteiger partial charge < -0.3 is 9.47 Å². The topological polar surface area (TPSA) is 52.6 Å². The van der Waals surface area contributed by atoms with Crippen molar-refractivity contribution in [1.82, 2.24) is 0 Å². The molecule has 0 saturated carbocycles. The molecule has 0 rings (SSSR count). The summed E-state index contributed by atoms with van der Waals surface area (Å²) in [6.45, 7) is 7.78. The first kappa shape index (κ1) is 23.0. The van der Waals surface area contributed by atoms with Gasteiger partial charge in [0.05, 0.1) is 11.5 Å². The maximum Gasteiger partial charge on any atom is 0.316 e. The van der Waals surface area contributed by atoms with E-state index in [0.717, 1.165) is 24.3 Å². The lowest BCUT2D eigenvalue weighted by molar-refractivity contribution is -0.154. The lowest BCUT2D eigenvalue weighted by atomic mass is 10.1. The molecule has 0 fully saturated rings. The molecule has 4 nitrogen and oxygen atoms in total. The highest BCUT2D eigenvalue weighted by Crippen LogP contribution is 2.22. The van der Waals surface area contributed by atoms with Crippen LogP contribution in [0.1, 0.15) is 40.5 Å². The van der Waals surface area contributed by atoms with Gasteiger partial charge in [0.15, 0.2) is 0 Å². The van der Waals surface area contributed by atoms with Crippen LogP contribution in [0.25, 0.3) is 0 Å². The zero-order valence-corrected chi connectivity index (χ0v) is 17.5. The zero-order chi connectivity index (χ0) is 17.9. The predicted octanol–water partition coefficient (Wildman–Crippen LogP) is 3.87. The number of esters is 2. The molecule has 0 aromatic rings. The van der Waals surface area contributed by atoms with Crippen molar-refractivity contribution in [2.24, 2.45) is 0 Å². The Kier molecular flexibility index (Phi) is 11.5. The van der Waals surface area contributed by atoms with Crippen LogP contribution in [0.3, 0.4) is 0 Å². The van der Waals surface area contributed by atoms with Crippen molar-refractivity contribution in [3.63, 3.8) is 0 Å². The third-order valence-electron chi connectivity index (χ3n) is 3.00. The highest BCUT2D eigenvalue weighted by Gasteiger charge is 2.24. The summed E-state index contributed by atoms with van der Waals surface area (Å²) in [6, 6.07) is 0. The maximum atomic E-state index is 11.5. The van der Waals surface area contributed by atoms with Gasteiger partial charge in [-0.05, 0) is 64.6 Å². The monoisotopic (exact) mass is 382 g/mol. The molecule has 0 spiro atoms. The van der Waals surface area contributed by atoms with Gasteiger partial charge >= 0.3 is 11.9 Å². The van der Waals surface area contributed by atoms with Crippen LogP contribution in [-0.4, -0.2) is 58.7 Å². The van der Waals surface area contributed by atoms with Crippen LogP contribution in [0.4, 0.5) is 0 Å². The second-order valence-corrected chi connectivity index (χ2v) is 9.40. The lowest BCUT2D eigenvalue weighted by Gasteiger charge is -2.26. The van der Waals surface area contributed by atoms with E-state index in [1.54, 1.807) is 11.8 Å². The minimum atomic E-state index is -0.430. The second-order valence-electron chi connectivity index (χ2n) is 6.45. The SMILES string of the molecule is CSCC(=O)OC(C)(C)CCSCCC(C)(C)OC(=O)CSC. The van der Waals surface area contributed by atoms with E-state index in [1.807, 2.05) is 40.2 Å². The van der Waals surface area contributed by atoms with Gasteiger partial charge in [0.1, 0.15) is 11.2 Å². The number of hydrogen-bond acceptors (Lipinski definition) is 7. The normalized spacial score (nSPS) is 12.1. The van der Waals surface area contributed by atoms with Gasteiger partial charge in [0.2, 0.25) is 0 Å². The summed E-state index contributed by atoms with van der Waals surface area (Å²) in [5.74, 6) is 2.30. The molecule has 0 N–H and O–H groups in total. The van der Waals surface area contributed by atoms with Crippen LogP contribution in [0.15, 0.2) is 0 Å². The summed E-state index contributed by atoms with van der Waals surface area (Å²) in [6.07, 6.45) is 5.39. The third kappa shape index (κ3) is 13.0. The number of carbonyl (C=O) groups excluding carboxylic acids is 2. The Morgan fingerprint density at radius 3 is 1.43 bits per heavy atom. The molecule has 0 amide bonds. The number of carbonyl (C=O) groups is 2. The Morgan fingerprint density at radius 1 is 0.783 bits per heavy atom. The fourth-order valence-corrected chi connectivity index (χ4v) is 3.82. The number of rotatable bonds is 12. The first-order valence-corrected chi connectivity index (χ1v) is 11.6. The number of thioether (sulfide) groups is 3. The van der Waals surface area contributed by atoms with Crippen LogP contribution in [0.2, 0.25) is 0 Å². The van der Waals surface area contributed by atoms with Crippen LogP contribution < -0.4 is 0 Å². The summed E-state index contributed by atoms with van der Waals surface area (Å²) in [7, 11) is 0. The molecule has 0 aliphatic rings. The molecule has 0 aromatic heterocycles. The van der Waals surface area contributed by atoms with E-state index in [-0.39, 0.29) is 11.9 Å². The molecular formula is C16H30O4S3. The minimum absolute atomic E-state index is 0.158. The fraction of sp³-hybridized carbons (Fsp3) is 0.875. The number of hydrogen-bond donors (Lipinski definition) is 0. The van der Waals surface area contributed by atoms with Crippen LogP contribution in [-0.2, 0) is 19.1 Å². The molecular weight excluding hydrogens is 352 g/mol. The molecule has 0 aromatic carbocycles. The van der Waals surface area contributed by atoms with E-state index in [9.17, 15) is 9.59 Å². The summed E-state index contributed by atoms with van der Waals surface area (Å²) in [5, 5.41) is 0. The highest BCUT2D eigenvalue weighted by atomic mass is 32.2. The molecule has 136 valence electrons. The van der Waals surface area contributed by atoms with E-state index in [4.69, 9.17) is 9.47 Å². The van der Waals surface area contributed by atoms with Gasteiger partial charge in [-0.15, -0.1) is 0 Å². The average Bonchev–Trinajstić information content (AvgIpc) is 2.36. The summed E-state index contributed by atoms with van der Waals surface area (Å²) < 4.78 is 10.9. The van der Waals surface area contributed by atoms with Crippen molar-refractivity contribution in [1.29, 1.82) is 0 Å². The van der Waals surface area contributed by atoms with Crippen molar-refractivity contribution in [3.05, 3.63) is 0 Å². The molecule has 0 atom stereocenters. The Labute approximate surface area is 153 Å². The maximum absolute atomic E-state index is 11.5. The van der Waals surface area contributed by atoms with Gasteiger partial charge in [-0.2, -0.15) is 35.3 Å². The average molecular weight is 383 g/mol. The van der Waals surface area contributed by atoms with Crippen molar-refractivity contribution >= 4 is 47.2 Å². The van der Waals surface area contributed by atoms with Crippen molar-refractivity contribution in [2.75, 3.05) is 35.5 Å². The van der Waals surface area contributed by atoms with E-state index in [2.05, 4.69) is 0 Å². The molecule has 23 heavy (non-hydrogen) atoms. The van der Waals surface area contributed by atoms with Crippen LogP contribution >= 0.6 is 35.3 Å². The molecule has 0 saturated heterocycles. The van der Waals surface area contributed by atoms with Crippen molar-refractivity contribution in [3.8, 4) is 0 Å². The van der Waals surface area contributed by atoms with E-state index in [1.165, 1.54) is 23.5 Å². The third-order valence-corrected chi connectivity index (χ3v) is 5.04. The number of ether oxygens (including phenoxy) is 2. The minimum Gasteiger partial charge on any atom is -0.459 e. The molecule has 0 aliphatic carbocycles. The van der Waals surface area contributed by atoms with Gasteiger partial charge in [-0.3, -0.25) is 9.59 Å². The Balaban J connectivity index is 3.94. The van der Waals surface area contributed by atoms with Crippen molar-refractivity contribution < 1.29 is 19.1 Å². The van der Waals surface area contributed by atoms with Gasteiger partial charge in [-0.25, -0.2) is 0 Å². The molecule has 0 unspecified atom stereocenters. The first-order chi connectivity index (χ1) is 10.6. The molecule has 0 aliphatic heterocycles. The summed E-state index contributed by atoms with van der Waals surface area (Å²) in [5.41, 5.74) is -0.861. The zero-order valence-electron chi connectivity index (χ0n) is 15.1. The molecule has 0 heterocycles. The van der Waals surface area contributed by atoms with E-state index >= 15 is 0 Å². The standard InChI is InChI=1S/C16H30O4S3/c1-15(2,19-13(17)11-21-5)7-9-23-10-8-16(3,4)20-14(18)12-22-6/h7-12H2,1-6H3. The summed E-state index contributed by atoms with van der Waals surface area (Å²) >= 11 is 4.74. The fourth-order valence-electron chi connectivity index (χ4n) is 1.75. The largest absolute Gasteiger partial charge is 0.459 e. The predicted molar refractivity (Wildman–Crippen MR) is 104 cm³/mol. The highest BCUT2D eigenvalue weighted by molar-refractivity contribution is 7.99. The van der Waals surface area contributed by atoms with Gasteiger partial charge in [0.25, 0.3) is 0 Å². The van der Waals surface area contributed by atoms with Gasteiger partial charge in [-0.1, -0.05) is 0 Å². The van der Waals surface area contributed by atoms with Crippen molar-refractivity contribution in [2.45, 2.75) is 51.7 Å². The van der Waals surface area contributed by atoms with Crippen LogP contribution in [0.5, 0.6) is 0 Å². The molecule has 7 heteroatoms. The van der Waals surface area contributed by atoms with E-state index < -0.39 is 11.2 Å². The quantitative estimate of drug-likeness (QED) is 0.375. The lowest BCUT2D eigenvalue weighted by Crippen LogP contribution is -2.30. The second kappa shape index (κ2) is 11.5. The van der Waals surface area contributed by atoms with Crippen LogP contribution in [0, 0.1) is 0 Å². The van der Waals surface area contributed by atoms with E-state index in [0.29, 0.717) is 11.5 Å². The van der Waals surface area contributed by atoms with Gasteiger partial charge in [0, 0.05) is 0 Å². The Morgan fingerprint density at radius 2 is 1.13 bits per heavy atom. The summed E-state index contributed by atoms with van der Waals surface area (Å²) in [4.78, 5) is 23.1. The molecule has 0 bridgehead atoms. The molecule has 0 radical (unpaired) electrons. The smallest absolute Gasteiger partial charge is 0.316 e. The first-order valence-electron chi connectivity index (χ1n) is 7.61. The Bertz CT molecular complexity index is 336. The Hall–Kier alpha value is -0.0100.